The van der Waals surface area contributed by atoms with Gasteiger partial charge in [-0.3, -0.25) is 19.4 Å². The first-order valence-electron chi connectivity index (χ1n) is 8.46. The van der Waals surface area contributed by atoms with Crippen LogP contribution in [0.3, 0.4) is 0 Å². The summed E-state index contributed by atoms with van der Waals surface area (Å²) in [6.07, 6.45) is 9.01. The molecule has 1 aliphatic rings. The first-order chi connectivity index (χ1) is 12.4. The fourth-order valence-electron chi connectivity index (χ4n) is 2.94. The van der Waals surface area contributed by atoms with Crippen molar-refractivity contribution < 1.29 is 13.2 Å². The summed E-state index contributed by atoms with van der Waals surface area (Å²) in [7, 11) is -3.17. The van der Waals surface area contributed by atoms with Gasteiger partial charge in [0.05, 0.1) is 19.0 Å². The Morgan fingerprint density at radius 2 is 2.04 bits per heavy atom. The lowest BCUT2D eigenvalue weighted by molar-refractivity contribution is -0.126. The summed E-state index contributed by atoms with van der Waals surface area (Å²) >= 11 is 0. The van der Waals surface area contributed by atoms with Gasteiger partial charge in [0, 0.05) is 44.1 Å². The number of carbonyl (C=O) groups excluding carboxylic acids is 1. The highest BCUT2D eigenvalue weighted by Gasteiger charge is 2.28. The van der Waals surface area contributed by atoms with Crippen molar-refractivity contribution in [2.24, 2.45) is 5.92 Å². The number of sulfonamides is 1. The van der Waals surface area contributed by atoms with Crippen LogP contribution in [0.25, 0.3) is 11.4 Å². The molecule has 0 atom stereocenters. The Bertz CT molecular complexity index is 844. The highest BCUT2D eigenvalue weighted by Crippen LogP contribution is 2.19. The van der Waals surface area contributed by atoms with Crippen molar-refractivity contribution in [3.8, 4) is 11.4 Å². The molecule has 3 heterocycles. The Kier molecular flexibility index (Phi) is 5.62. The molecule has 2 aromatic rings. The van der Waals surface area contributed by atoms with E-state index in [-0.39, 0.29) is 11.8 Å². The van der Waals surface area contributed by atoms with E-state index in [1.54, 1.807) is 23.3 Å². The summed E-state index contributed by atoms with van der Waals surface area (Å²) in [5.41, 5.74) is 1.44. The third-order valence-electron chi connectivity index (χ3n) is 4.40. The van der Waals surface area contributed by atoms with Gasteiger partial charge < -0.3 is 5.32 Å². The minimum atomic E-state index is -3.17. The average molecular weight is 378 g/mol. The van der Waals surface area contributed by atoms with Crippen molar-refractivity contribution >= 4 is 15.9 Å². The standard InChI is InChI=1S/C16H22N6O3S/c1-26(24,25)22-9-2-13(3-10-22)16(23)19-7-11-21-8-4-14(20-21)15-12-17-5-6-18-15/h4-6,8,12-13H,2-3,7,9-11H2,1H3,(H,19,23). The second kappa shape index (κ2) is 7.92. The first kappa shape index (κ1) is 18.5. The van der Waals surface area contributed by atoms with Crippen molar-refractivity contribution in [3.05, 3.63) is 30.9 Å². The lowest BCUT2D eigenvalue weighted by atomic mass is 9.97. The molecule has 2 aromatic heterocycles. The third-order valence-corrected chi connectivity index (χ3v) is 5.70. The molecule has 3 rings (SSSR count). The molecule has 0 saturated carbocycles. The van der Waals surface area contributed by atoms with Crippen molar-refractivity contribution in [2.75, 3.05) is 25.9 Å². The largest absolute Gasteiger partial charge is 0.354 e. The van der Waals surface area contributed by atoms with E-state index < -0.39 is 10.0 Å². The minimum Gasteiger partial charge on any atom is -0.354 e. The molecule has 1 aliphatic heterocycles. The number of carbonyl (C=O) groups is 1. The van der Waals surface area contributed by atoms with Crippen molar-refractivity contribution in [1.82, 2.24) is 29.4 Å². The fourth-order valence-corrected chi connectivity index (χ4v) is 3.82. The zero-order chi connectivity index (χ0) is 18.6. The highest BCUT2D eigenvalue weighted by atomic mass is 32.2. The smallest absolute Gasteiger partial charge is 0.223 e. The van der Waals surface area contributed by atoms with E-state index in [2.05, 4.69) is 20.4 Å². The highest BCUT2D eigenvalue weighted by molar-refractivity contribution is 7.88. The Hall–Kier alpha value is -2.33. The Morgan fingerprint density at radius 1 is 1.27 bits per heavy atom. The first-order valence-corrected chi connectivity index (χ1v) is 10.3. The van der Waals surface area contributed by atoms with Crippen LogP contribution in [0.4, 0.5) is 0 Å². The zero-order valence-electron chi connectivity index (χ0n) is 14.6. The summed E-state index contributed by atoms with van der Waals surface area (Å²) < 4.78 is 26.2. The zero-order valence-corrected chi connectivity index (χ0v) is 15.4. The van der Waals surface area contributed by atoms with E-state index in [0.717, 1.165) is 5.69 Å². The Balaban J connectivity index is 1.44. The molecule has 0 aliphatic carbocycles. The van der Waals surface area contributed by atoms with Crippen molar-refractivity contribution in [2.45, 2.75) is 19.4 Å². The second-order valence-corrected chi connectivity index (χ2v) is 8.26. The number of rotatable bonds is 6. The fraction of sp³-hybridized carbons (Fsp3) is 0.500. The van der Waals surface area contributed by atoms with Crippen molar-refractivity contribution in [3.63, 3.8) is 0 Å². The summed E-state index contributed by atoms with van der Waals surface area (Å²) in [6.45, 7) is 1.82. The number of hydrogen-bond acceptors (Lipinski definition) is 6. The molecule has 1 N–H and O–H groups in total. The van der Waals surface area contributed by atoms with Crippen LogP contribution in [0, 0.1) is 5.92 Å². The third kappa shape index (κ3) is 4.64. The van der Waals surface area contributed by atoms with Gasteiger partial charge in [0.25, 0.3) is 0 Å². The van der Waals surface area contributed by atoms with Crippen LogP contribution in [0.5, 0.6) is 0 Å². The van der Waals surface area contributed by atoms with E-state index >= 15 is 0 Å². The van der Waals surface area contributed by atoms with Gasteiger partial charge in [-0.15, -0.1) is 0 Å². The Labute approximate surface area is 152 Å². The summed E-state index contributed by atoms with van der Waals surface area (Å²) in [5, 5.41) is 7.32. The molecule has 140 valence electrons. The summed E-state index contributed by atoms with van der Waals surface area (Å²) in [5.74, 6) is -0.166. The number of nitrogens with one attached hydrogen (secondary N) is 1. The predicted octanol–water partition coefficient (Wildman–Crippen LogP) is 0.128. The van der Waals surface area contributed by atoms with Gasteiger partial charge in [-0.2, -0.15) is 5.10 Å². The van der Waals surface area contributed by atoms with Gasteiger partial charge in [-0.05, 0) is 18.9 Å². The molecule has 0 unspecified atom stereocenters. The van der Waals surface area contributed by atoms with E-state index in [0.29, 0.717) is 44.7 Å². The predicted molar refractivity (Wildman–Crippen MR) is 95.4 cm³/mol. The summed E-state index contributed by atoms with van der Waals surface area (Å²) in [6, 6.07) is 1.85. The van der Waals surface area contributed by atoms with Crippen molar-refractivity contribution in [1.29, 1.82) is 0 Å². The van der Waals surface area contributed by atoms with Gasteiger partial charge in [-0.1, -0.05) is 0 Å². The van der Waals surface area contributed by atoms with E-state index in [4.69, 9.17) is 0 Å². The normalized spacial score (nSPS) is 16.5. The van der Waals surface area contributed by atoms with E-state index in [1.165, 1.54) is 10.6 Å². The second-order valence-electron chi connectivity index (χ2n) is 6.28. The Morgan fingerprint density at radius 3 is 2.69 bits per heavy atom. The lowest BCUT2D eigenvalue weighted by Crippen LogP contribution is -2.43. The SMILES string of the molecule is CS(=O)(=O)N1CCC(C(=O)NCCn2ccc(-c3cnccn3)n2)CC1. The van der Waals surface area contributed by atoms with Crippen LogP contribution in [-0.2, 0) is 21.4 Å². The molecular formula is C16H22N6O3S. The molecule has 1 fully saturated rings. The summed E-state index contributed by atoms with van der Waals surface area (Å²) in [4.78, 5) is 20.5. The minimum absolute atomic E-state index is 0.0283. The number of hydrogen-bond donors (Lipinski definition) is 1. The number of aromatic nitrogens is 4. The molecule has 26 heavy (non-hydrogen) atoms. The van der Waals surface area contributed by atoms with Gasteiger partial charge in [0.1, 0.15) is 11.4 Å². The van der Waals surface area contributed by atoms with Crippen LogP contribution in [-0.4, -0.2) is 64.3 Å². The maximum atomic E-state index is 12.2. The molecule has 10 heteroatoms. The van der Waals surface area contributed by atoms with Gasteiger partial charge in [-0.25, -0.2) is 12.7 Å². The molecule has 1 amide bonds. The quantitative estimate of drug-likeness (QED) is 0.765. The maximum Gasteiger partial charge on any atom is 0.223 e. The number of piperidine rings is 1. The van der Waals surface area contributed by atoms with E-state index in [9.17, 15) is 13.2 Å². The van der Waals surface area contributed by atoms with Gasteiger partial charge in [0.15, 0.2) is 0 Å². The van der Waals surface area contributed by atoms with Crippen LogP contribution < -0.4 is 5.32 Å². The molecule has 0 radical (unpaired) electrons. The van der Waals surface area contributed by atoms with E-state index in [1.807, 2.05) is 12.3 Å². The molecule has 0 aromatic carbocycles. The molecule has 0 spiro atoms. The number of amides is 1. The monoisotopic (exact) mass is 378 g/mol. The van der Waals surface area contributed by atoms with Gasteiger partial charge >= 0.3 is 0 Å². The van der Waals surface area contributed by atoms with Gasteiger partial charge in [0.2, 0.25) is 15.9 Å². The van der Waals surface area contributed by atoms with Crippen LogP contribution in [0.15, 0.2) is 30.9 Å². The topological polar surface area (TPSA) is 110 Å². The molecule has 9 nitrogen and oxygen atoms in total. The van der Waals surface area contributed by atoms with Crippen LogP contribution >= 0.6 is 0 Å². The molecule has 1 saturated heterocycles. The van der Waals surface area contributed by atoms with Crippen LogP contribution in [0.1, 0.15) is 12.8 Å². The molecular weight excluding hydrogens is 356 g/mol. The average Bonchev–Trinajstić information content (AvgIpc) is 3.11. The maximum absolute atomic E-state index is 12.2. The number of nitrogens with zero attached hydrogens (tertiary/aromatic N) is 5. The molecule has 0 bridgehead atoms. The van der Waals surface area contributed by atoms with Crippen LogP contribution in [0.2, 0.25) is 0 Å². The lowest BCUT2D eigenvalue weighted by Gasteiger charge is -2.29.